The monoisotopic (exact) mass is 267 g/mol. The van der Waals surface area contributed by atoms with Crippen LogP contribution in [-0.4, -0.2) is 73.7 Å². The Morgan fingerprint density at radius 2 is 2.16 bits per heavy atom. The summed E-state index contributed by atoms with van der Waals surface area (Å²) in [6.07, 6.45) is 4.27. The standard InChI is InChI=1S/C14H25N3O2/c1-16-12-2-3-13(16)9-17(6-4-12)14(18)8-11-10-19-7-5-15-11/h11-13,15H,2-10H2,1H3. The Bertz CT molecular complexity index is 331. The number of morpholine rings is 1. The van der Waals surface area contributed by atoms with Crippen molar-refractivity contribution in [1.82, 2.24) is 15.1 Å². The summed E-state index contributed by atoms with van der Waals surface area (Å²) in [5, 5.41) is 3.36. The van der Waals surface area contributed by atoms with E-state index in [0.717, 1.165) is 32.7 Å². The molecule has 5 heteroatoms. The van der Waals surface area contributed by atoms with Crippen molar-refractivity contribution in [3.05, 3.63) is 0 Å². The largest absolute Gasteiger partial charge is 0.378 e. The first-order chi connectivity index (χ1) is 9.24. The van der Waals surface area contributed by atoms with Gasteiger partial charge in [-0.3, -0.25) is 9.69 Å². The van der Waals surface area contributed by atoms with Gasteiger partial charge in [0, 0.05) is 44.2 Å². The average molecular weight is 267 g/mol. The Morgan fingerprint density at radius 3 is 2.95 bits per heavy atom. The van der Waals surface area contributed by atoms with E-state index in [1.165, 1.54) is 12.8 Å². The molecule has 0 aromatic heterocycles. The summed E-state index contributed by atoms with van der Waals surface area (Å²) in [7, 11) is 2.22. The highest BCUT2D eigenvalue weighted by Crippen LogP contribution is 2.28. The molecule has 3 heterocycles. The quantitative estimate of drug-likeness (QED) is 0.768. The lowest BCUT2D eigenvalue weighted by atomic mass is 10.1. The van der Waals surface area contributed by atoms with Gasteiger partial charge in [-0.15, -0.1) is 0 Å². The van der Waals surface area contributed by atoms with Crippen LogP contribution in [0.5, 0.6) is 0 Å². The van der Waals surface area contributed by atoms with Crippen LogP contribution in [0.1, 0.15) is 25.7 Å². The minimum absolute atomic E-state index is 0.208. The Hall–Kier alpha value is -0.650. The molecule has 3 saturated heterocycles. The van der Waals surface area contributed by atoms with Gasteiger partial charge in [-0.2, -0.15) is 0 Å². The fourth-order valence-corrected chi connectivity index (χ4v) is 3.63. The maximum atomic E-state index is 12.4. The van der Waals surface area contributed by atoms with Crippen molar-refractivity contribution >= 4 is 5.91 Å². The van der Waals surface area contributed by atoms with Crippen LogP contribution in [0, 0.1) is 0 Å². The highest BCUT2D eigenvalue weighted by atomic mass is 16.5. The summed E-state index contributed by atoms with van der Waals surface area (Å²) in [6, 6.07) is 1.48. The fourth-order valence-electron chi connectivity index (χ4n) is 3.63. The Morgan fingerprint density at radius 1 is 1.32 bits per heavy atom. The molecular weight excluding hydrogens is 242 g/mol. The number of fused-ring (bicyclic) bond motifs is 2. The lowest BCUT2D eigenvalue weighted by Gasteiger charge is -2.29. The third kappa shape index (κ3) is 2.93. The summed E-state index contributed by atoms with van der Waals surface area (Å²) in [5.41, 5.74) is 0. The molecule has 3 aliphatic rings. The molecule has 3 fully saturated rings. The number of likely N-dealkylation sites (tertiary alicyclic amines) is 1. The molecule has 3 rings (SSSR count). The Balaban J connectivity index is 1.55. The molecule has 2 bridgehead atoms. The molecule has 108 valence electrons. The van der Waals surface area contributed by atoms with Crippen LogP contribution in [0.3, 0.4) is 0 Å². The van der Waals surface area contributed by atoms with E-state index in [2.05, 4.69) is 22.2 Å². The van der Waals surface area contributed by atoms with E-state index in [4.69, 9.17) is 4.74 Å². The number of amides is 1. The minimum atomic E-state index is 0.208. The van der Waals surface area contributed by atoms with Gasteiger partial charge < -0.3 is 15.0 Å². The van der Waals surface area contributed by atoms with Crippen LogP contribution in [0.25, 0.3) is 0 Å². The number of carbonyl (C=O) groups is 1. The third-order valence-electron chi connectivity index (χ3n) is 4.92. The Kier molecular flexibility index (Phi) is 4.05. The molecule has 19 heavy (non-hydrogen) atoms. The van der Waals surface area contributed by atoms with Gasteiger partial charge in [-0.05, 0) is 26.3 Å². The first kappa shape index (κ1) is 13.3. The van der Waals surface area contributed by atoms with E-state index in [1.54, 1.807) is 0 Å². The smallest absolute Gasteiger partial charge is 0.224 e. The van der Waals surface area contributed by atoms with Gasteiger partial charge in [0.05, 0.1) is 13.2 Å². The highest BCUT2D eigenvalue weighted by molar-refractivity contribution is 5.77. The molecule has 0 aliphatic carbocycles. The van der Waals surface area contributed by atoms with Crippen molar-refractivity contribution < 1.29 is 9.53 Å². The van der Waals surface area contributed by atoms with Crippen molar-refractivity contribution in [2.24, 2.45) is 0 Å². The van der Waals surface area contributed by atoms with Crippen LogP contribution in [-0.2, 0) is 9.53 Å². The minimum Gasteiger partial charge on any atom is -0.378 e. The second kappa shape index (κ2) is 5.77. The molecule has 0 aromatic rings. The van der Waals surface area contributed by atoms with Crippen molar-refractivity contribution in [1.29, 1.82) is 0 Å². The van der Waals surface area contributed by atoms with E-state index >= 15 is 0 Å². The number of hydrogen-bond donors (Lipinski definition) is 1. The van der Waals surface area contributed by atoms with Gasteiger partial charge in [-0.1, -0.05) is 0 Å². The average Bonchev–Trinajstić information content (AvgIpc) is 2.64. The second-order valence-corrected chi connectivity index (χ2v) is 6.11. The molecule has 1 N–H and O–H groups in total. The molecule has 0 saturated carbocycles. The lowest BCUT2D eigenvalue weighted by molar-refractivity contribution is -0.132. The zero-order valence-corrected chi connectivity index (χ0v) is 11.8. The van der Waals surface area contributed by atoms with Gasteiger partial charge in [0.25, 0.3) is 0 Å². The summed E-state index contributed by atoms with van der Waals surface area (Å²) < 4.78 is 5.42. The van der Waals surface area contributed by atoms with Gasteiger partial charge in [0.15, 0.2) is 0 Å². The molecule has 0 spiro atoms. The SMILES string of the molecule is CN1C2CCC1CN(C(=O)CC1COCCN1)CC2. The van der Waals surface area contributed by atoms with E-state index < -0.39 is 0 Å². The zero-order valence-electron chi connectivity index (χ0n) is 11.8. The van der Waals surface area contributed by atoms with E-state index in [1.807, 2.05) is 0 Å². The number of rotatable bonds is 2. The predicted octanol–water partition coefficient (Wildman–Crippen LogP) is 0.0600. The molecule has 3 unspecified atom stereocenters. The van der Waals surface area contributed by atoms with Crippen LogP contribution in [0.2, 0.25) is 0 Å². The van der Waals surface area contributed by atoms with E-state index in [-0.39, 0.29) is 6.04 Å². The first-order valence-corrected chi connectivity index (χ1v) is 7.55. The topological polar surface area (TPSA) is 44.8 Å². The fraction of sp³-hybridized carbons (Fsp3) is 0.929. The summed E-state index contributed by atoms with van der Waals surface area (Å²) >= 11 is 0. The van der Waals surface area contributed by atoms with Crippen LogP contribution >= 0.6 is 0 Å². The highest BCUT2D eigenvalue weighted by Gasteiger charge is 2.36. The van der Waals surface area contributed by atoms with Gasteiger partial charge in [0.1, 0.15) is 0 Å². The Labute approximate surface area is 115 Å². The summed E-state index contributed by atoms with van der Waals surface area (Å²) in [4.78, 5) is 17.0. The number of ether oxygens (including phenoxy) is 1. The van der Waals surface area contributed by atoms with Crippen LogP contribution in [0.15, 0.2) is 0 Å². The van der Waals surface area contributed by atoms with Crippen molar-refractivity contribution in [3.63, 3.8) is 0 Å². The summed E-state index contributed by atoms with van der Waals surface area (Å²) in [5.74, 6) is 0.295. The van der Waals surface area contributed by atoms with Gasteiger partial charge >= 0.3 is 0 Å². The number of nitrogens with one attached hydrogen (secondary N) is 1. The molecule has 0 aromatic carbocycles. The summed E-state index contributed by atoms with van der Waals surface area (Å²) in [6.45, 7) is 4.15. The maximum Gasteiger partial charge on any atom is 0.224 e. The maximum absolute atomic E-state index is 12.4. The molecule has 3 aliphatic heterocycles. The van der Waals surface area contributed by atoms with Gasteiger partial charge in [-0.25, -0.2) is 0 Å². The van der Waals surface area contributed by atoms with Gasteiger partial charge in [0.2, 0.25) is 5.91 Å². The van der Waals surface area contributed by atoms with E-state index in [0.29, 0.717) is 31.0 Å². The van der Waals surface area contributed by atoms with Crippen molar-refractivity contribution in [3.8, 4) is 0 Å². The zero-order chi connectivity index (χ0) is 13.2. The molecule has 1 amide bonds. The van der Waals surface area contributed by atoms with Crippen molar-refractivity contribution in [2.75, 3.05) is 39.9 Å². The number of nitrogens with zero attached hydrogens (tertiary/aromatic N) is 2. The molecule has 0 radical (unpaired) electrons. The third-order valence-corrected chi connectivity index (χ3v) is 4.92. The predicted molar refractivity (Wildman–Crippen MR) is 73.0 cm³/mol. The molecule has 3 atom stereocenters. The van der Waals surface area contributed by atoms with Crippen molar-refractivity contribution in [2.45, 2.75) is 43.8 Å². The normalized spacial score (nSPS) is 36.3. The second-order valence-electron chi connectivity index (χ2n) is 6.11. The number of carbonyl (C=O) groups excluding carboxylic acids is 1. The molecule has 5 nitrogen and oxygen atoms in total. The number of likely N-dealkylation sites (N-methyl/N-ethyl adjacent to an activating group) is 1. The number of hydrogen-bond acceptors (Lipinski definition) is 4. The van der Waals surface area contributed by atoms with Crippen LogP contribution < -0.4 is 5.32 Å². The molecular formula is C14H25N3O2. The van der Waals surface area contributed by atoms with Crippen LogP contribution in [0.4, 0.5) is 0 Å². The lowest BCUT2D eigenvalue weighted by Crippen LogP contribution is -2.46. The first-order valence-electron chi connectivity index (χ1n) is 7.55. The van der Waals surface area contributed by atoms with E-state index in [9.17, 15) is 4.79 Å².